The van der Waals surface area contributed by atoms with Crippen LogP contribution in [-0.4, -0.2) is 19.3 Å². The van der Waals surface area contributed by atoms with Gasteiger partial charge in [-0.2, -0.15) is 4.39 Å². The molecule has 39 heavy (non-hydrogen) atoms. The number of unbranched alkanes of at least 4 members (excludes halogenated alkanes) is 1. The lowest BCUT2D eigenvalue weighted by atomic mass is 9.76. The lowest BCUT2D eigenvalue weighted by molar-refractivity contribution is 0.0248. The van der Waals surface area contributed by atoms with Gasteiger partial charge in [-0.1, -0.05) is 38.5 Å². The molecule has 6 heteroatoms. The van der Waals surface area contributed by atoms with Crippen molar-refractivity contribution in [2.45, 2.75) is 115 Å². The predicted molar refractivity (Wildman–Crippen MR) is 147 cm³/mol. The van der Waals surface area contributed by atoms with Crippen LogP contribution in [-0.2, 0) is 11.2 Å². The van der Waals surface area contributed by atoms with Gasteiger partial charge in [0.15, 0.2) is 23.2 Å². The van der Waals surface area contributed by atoms with Gasteiger partial charge in [-0.05, 0) is 118 Å². The second kappa shape index (κ2) is 14.5. The molecule has 0 aromatic heterocycles. The summed E-state index contributed by atoms with van der Waals surface area (Å²) < 4.78 is 70.6. The van der Waals surface area contributed by atoms with Gasteiger partial charge in [-0.25, -0.2) is 13.2 Å². The maximum absolute atomic E-state index is 15.1. The third-order valence-corrected chi connectivity index (χ3v) is 8.80. The zero-order chi connectivity index (χ0) is 27.8. The molecule has 0 aliphatic heterocycles. The molecule has 2 aromatic rings. The molecule has 0 radical (unpaired) electrons. The number of hydrogen-bond acceptors (Lipinski definition) is 2. The van der Waals surface area contributed by atoms with E-state index in [4.69, 9.17) is 9.47 Å². The van der Waals surface area contributed by atoms with Gasteiger partial charge in [0.25, 0.3) is 0 Å². The van der Waals surface area contributed by atoms with E-state index in [-0.39, 0.29) is 23.7 Å². The van der Waals surface area contributed by atoms with E-state index in [1.807, 2.05) is 6.92 Å². The van der Waals surface area contributed by atoms with E-state index >= 15 is 8.78 Å². The summed E-state index contributed by atoms with van der Waals surface area (Å²) in [4.78, 5) is 0. The Morgan fingerprint density at radius 2 is 1.28 bits per heavy atom. The quantitative estimate of drug-likeness (QED) is 0.194. The largest absolute Gasteiger partial charge is 0.490 e. The van der Waals surface area contributed by atoms with Gasteiger partial charge in [0, 0.05) is 6.61 Å². The van der Waals surface area contributed by atoms with Crippen molar-refractivity contribution in [3.8, 4) is 5.75 Å². The topological polar surface area (TPSA) is 18.5 Å². The summed E-state index contributed by atoms with van der Waals surface area (Å²) in [6, 6.07) is 6.76. The second-order valence-electron chi connectivity index (χ2n) is 11.5. The number of hydrogen-bond donors (Lipinski definition) is 0. The summed E-state index contributed by atoms with van der Waals surface area (Å²) in [5.74, 6) is -2.72. The predicted octanol–water partition coefficient (Wildman–Crippen LogP) is 9.78. The summed E-state index contributed by atoms with van der Waals surface area (Å²) in [6.45, 7) is 5.23. The van der Waals surface area contributed by atoms with Gasteiger partial charge in [0.1, 0.15) is 0 Å². The van der Waals surface area contributed by atoms with E-state index < -0.39 is 23.3 Å². The highest BCUT2D eigenvalue weighted by Crippen LogP contribution is 2.41. The number of rotatable bonds is 12. The Labute approximate surface area is 231 Å². The molecule has 0 amide bonds. The van der Waals surface area contributed by atoms with Gasteiger partial charge in [-0.15, -0.1) is 0 Å². The van der Waals surface area contributed by atoms with Crippen molar-refractivity contribution < 1.29 is 27.0 Å². The standard InChI is InChI=1S/C33H44F4O2/c1-3-5-21-39-29-19-18-28(32(36)33(29)37)23-9-6-22(7-10-23)8-11-25-14-17-27(31(35)30(25)34)24-12-15-26(16-13-24)38-20-4-2/h14,17-19,22-24,26H,3-13,15-16,20-21H2,1-2H3. The molecule has 2 saturated carbocycles. The van der Waals surface area contributed by atoms with Crippen LogP contribution in [0.25, 0.3) is 0 Å². The van der Waals surface area contributed by atoms with E-state index in [1.165, 1.54) is 0 Å². The van der Waals surface area contributed by atoms with Crippen molar-refractivity contribution in [3.63, 3.8) is 0 Å². The molecule has 2 nitrogen and oxygen atoms in total. The van der Waals surface area contributed by atoms with Crippen LogP contribution >= 0.6 is 0 Å². The van der Waals surface area contributed by atoms with Crippen molar-refractivity contribution in [1.82, 2.24) is 0 Å². The first kappa shape index (κ1) is 29.9. The van der Waals surface area contributed by atoms with Gasteiger partial charge >= 0.3 is 0 Å². The lowest BCUT2D eigenvalue weighted by Crippen LogP contribution is -2.22. The molecule has 0 unspecified atom stereocenters. The lowest BCUT2D eigenvalue weighted by Gasteiger charge is -2.30. The molecule has 2 aliphatic carbocycles. The minimum Gasteiger partial charge on any atom is -0.490 e. The highest BCUT2D eigenvalue weighted by molar-refractivity contribution is 5.33. The molecule has 2 aliphatic rings. The maximum Gasteiger partial charge on any atom is 0.200 e. The molecule has 0 N–H and O–H groups in total. The number of halogens is 4. The highest BCUT2D eigenvalue weighted by atomic mass is 19.2. The van der Waals surface area contributed by atoms with Crippen LogP contribution in [0.5, 0.6) is 5.75 Å². The Morgan fingerprint density at radius 3 is 1.92 bits per heavy atom. The molecule has 0 atom stereocenters. The van der Waals surface area contributed by atoms with Crippen LogP contribution in [0.1, 0.15) is 119 Å². The molecule has 0 saturated heterocycles. The summed E-state index contributed by atoms with van der Waals surface area (Å²) in [7, 11) is 0. The van der Waals surface area contributed by atoms with E-state index in [0.717, 1.165) is 83.7 Å². The first-order valence-electron chi connectivity index (χ1n) is 15.1. The zero-order valence-electron chi connectivity index (χ0n) is 23.6. The molecule has 0 bridgehead atoms. The van der Waals surface area contributed by atoms with E-state index in [1.54, 1.807) is 24.3 Å². The summed E-state index contributed by atoms with van der Waals surface area (Å²) in [6.07, 6.45) is 10.9. The maximum atomic E-state index is 15.1. The number of ether oxygens (including phenoxy) is 2. The molecule has 4 rings (SSSR count). The van der Waals surface area contributed by atoms with Crippen LogP contribution in [0.2, 0.25) is 0 Å². The van der Waals surface area contributed by atoms with Gasteiger partial charge in [0.05, 0.1) is 12.7 Å². The van der Waals surface area contributed by atoms with Gasteiger partial charge < -0.3 is 9.47 Å². The molecule has 2 aromatic carbocycles. The Bertz CT molecular complexity index is 1060. The normalized spacial score (nSPS) is 23.6. The Kier molecular flexibility index (Phi) is 11.1. The molecule has 216 valence electrons. The molecular formula is C33H44F4O2. The third-order valence-electron chi connectivity index (χ3n) is 8.80. The average Bonchev–Trinajstić information content (AvgIpc) is 2.96. The van der Waals surface area contributed by atoms with Crippen LogP contribution in [0, 0.1) is 29.2 Å². The summed E-state index contributed by atoms with van der Waals surface area (Å²) in [5.41, 5.74) is 1.36. The van der Waals surface area contributed by atoms with Crippen molar-refractivity contribution in [2.75, 3.05) is 13.2 Å². The Morgan fingerprint density at radius 1 is 0.667 bits per heavy atom. The van der Waals surface area contributed by atoms with E-state index in [0.29, 0.717) is 35.6 Å². The molecule has 2 fully saturated rings. The minimum absolute atomic E-state index is 0.0210. The molecule has 0 spiro atoms. The third kappa shape index (κ3) is 7.56. The van der Waals surface area contributed by atoms with Crippen LogP contribution in [0.3, 0.4) is 0 Å². The Hall–Kier alpha value is -2.08. The van der Waals surface area contributed by atoms with Gasteiger partial charge in [0.2, 0.25) is 5.82 Å². The Balaban J connectivity index is 1.27. The van der Waals surface area contributed by atoms with E-state index in [9.17, 15) is 8.78 Å². The smallest absolute Gasteiger partial charge is 0.200 e. The van der Waals surface area contributed by atoms with Crippen LogP contribution < -0.4 is 4.74 Å². The fourth-order valence-electron chi connectivity index (χ4n) is 6.36. The van der Waals surface area contributed by atoms with Crippen molar-refractivity contribution in [1.29, 1.82) is 0 Å². The van der Waals surface area contributed by atoms with Gasteiger partial charge in [-0.3, -0.25) is 0 Å². The second-order valence-corrected chi connectivity index (χ2v) is 11.5. The monoisotopic (exact) mass is 548 g/mol. The van der Waals surface area contributed by atoms with Crippen LogP contribution in [0.4, 0.5) is 17.6 Å². The first-order valence-corrected chi connectivity index (χ1v) is 15.1. The van der Waals surface area contributed by atoms with E-state index in [2.05, 4.69) is 6.92 Å². The summed E-state index contributed by atoms with van der Waals surface area (Å²) >= 11 is 0. The fourth-order valence-corrected chi connectivity index (χ4v) is 6.36. The van der Waals surface area contributed by atoms with Crippen molar-refractivity contribution in [2.24, 2.45) is 5.92 Å². The molecular weight excluding hydrogens is 504 g/mol. The van der Waals surface area contributed by atoms with Crippen molar-refractivity contribution in [3.05, 3.63) is 64.2 Å². The first-order chi connectivity index (χ1) is 18.9. The SMILES string of the molecule is CCCCOc1ccc(C2CCC(CCc3ccc(C4CCC(OCCC)CC4)c(F)c3F)CC2)c(F)c1F. The minimum atomic E-state index is -0.899. The fraction of sp³-hybridized carbons (Fsp3) is 0.636. The number of benzene rings is 2. The average molecular weight is 549 g/mol. The van der Waals surface area contributed by atoms with Crippen LogP contribution in [0.15, 0.2) is 24.3 Å². The number of aryl methyl sites for hydroxylation is 1. The molecule has 0 heterocycles. The van der Waals surface area contributed by atoms with Crippen molar-refractivity contribution >= 4 is 0 Å². The summed E-state index contributed by atoms with van der Waals surface area (Å²) in [5, 5.41) is 0. The zero-order valence-corrected chi connectivity index (χ0v) is 23.6. The highest BCUT2D eigenvalue weighted by Gasteiger charge is 2.29.